The van der Waals surface area contributed by atoms with Crippen LogP contribution in [0.5, 0.6) is 5.75 Å². The van der Waals surface area contributed by atoms with Crippen LogP contribution in [0.3, 0.4) is 0 Å². The van der Waals surface area contributed by atoms with Crippen LogP contribution in [0.4, 0.5) is 4.79 Å². The van der Waals surface area contributed by atoms with Crippen molar-refractivity contribution in [3.05, 3.63) is 131 Å². The zero-order chi connectivity index (χ0) is 42.3. The number of hydrogen-bond acceptors (Lipinski definition) is 11. The van der Waals surface area contributed by atoms with Crippen LogP contribution in [-0.2, 0) is 57.5 Å². The number of carbonyl (C=O) groups is 1. The van der Waals surface area contributed by atoms with Gasteiger partial charge in [0.1, 0.15) is 11.9 Å². The highest BCUT2D eigenvalue weighted by atomic mass is 32.2. The molecule has 0 spiro atoms. The van der Waals surface area contributed by atoms with Gasteiger partial charge in [-0.2, -0.15) is 9.57 Å². The van der Waals surface area contributed by atoms with Crippen LogP contribution in [0.1, 0.15) is 56.4 Å². The first-order valence-corrected chi connectivity index (χ1v) is 22.9. The summed E-state index contributed by atoms with van der Waals surface area (Å²) in [5.74, 6) is 0.255. The van der Waals surface area contributed by atoms with Crippen molar-refractivity contribution in [3.63, 3.8) is 0 Å². The number of amides is 1. The molecule has 316 valence electrons. The first kappa shape index (κ1) is 45.5. The van der Waals surface area contributed by atoms with Crippen molar-refractivity contribution in [2.45, 2.75) is 77.1 Å². The van der Waals surface area contributed by atoms with Gasteiger partial charge in [-0.25, -0.2) is 13.2 Å². The predicted molar refractivity (Wildman–Crippen MR) is 223 cm³/mol. The number of benzene rings is 4. The highest BCUT2D eigenvalue weighted by molar-refractivity contribution is 7.89. The molecule has 4 aromatic carbocycles. The Balaban J connectivity index is 1.28. The third-order valence-electron chi connectivity index (χ3n) is 9.61. The summed E-state index contributed by atoms with van der Waals surface area (Å²) in [5.41, 5.74) is 2.86. The van der Waals surface area contributed by atoms with Crippen molar-refractivity contribution in [2.75, 3.05) is 32.7 Å². The van der Waals surface area contributed by atoms with Crippen LogP contribution >= 0.6 is 7.60 Å². The lowest BCUT2D eigenvalue weighted by molar-refractivity contribution is -0.124. The van der Waals surface area contributed by atoms with Crippen LogP contribution in [0, 0.1) is 23.2 Å². The van der Waals surface area contributed by atoms with E-state index >= 15 is 0 Å². The summed E-state index contributed by atoms with van der Waals surface area (Å²) in [5, 5.41) is 12.2. The Kier molecular flexibility index (Phi) is 17.1. The van der Waals surface area contributed by atoms with E-state index in [1.807, 2.05) is 107 Å². The van der Waals surface area contributed by atoms with Gasteiger partial charge in [0.15, 0.2) is 12.6 Å². The third-order valence-corrected chi connectivity index (χ3v) is 13.0. The lowest BCUT2D eigenvalue weighted by Crippen LogP contribution is -2.43. The third kappa shape index (κ3) is 14.0. The molecule has 1 fully saturated rings. The second kappa shape index (κ2) is 22.1. The average molecular weight is 848 g/mol. The first-order chi connectivity index (χ1) is 28.4. The zero-order valence-corrected chi connectivity index (χ0v) is 35.7. The smallest absolute Gasteiger partial charge is 0.407 e. The molecule has 1 amide bonds. The molecule has 0 bridgehead atoms. The van der Waals surface area contributed by atoms with E-state index in [0.29, 0.717) is 24.3 Å². The predicted octanol–water partition coefficient (Wildman–Crippen LogP) is 8.29. The average Bonchev–Trinajstić information content (AvgIpc) is 3.58. The van der Waals surface area contributed by atoms with Gasteiger partial charge in [0.05, 0.1) is 36.3 Å². The molecule has 1 aliphatic heterocycles. The maximum absolute atomic E-state index is 13.9. The summed E-state index contributed by atoms with van der Waals surface area (Å²) in [4.78, 5) is 13.5. The van der Waals surface area contributed by atoms with E-state index in [1.54, 1.807) is 12.1 Å². The van der Waals surface area contributed by atoms with E-state index < -0.39 is 42.1 Å². The number of rotatable bonds is 22. The van der Waals surface area contributed by atoms with Crippen LogP contribution in [0.25, 0.3) is 0 Å². The Morgan fingerprint density at radius 3 is 2.08 bits per heavy atom. The zero-order valence-electron chi connectivity index (χ0n) is 34.0. The molecular weight excluding hydrogens is 794 g/mol. The number of nitriles is 1. The highest BCUT2D eigenvalue weighted by Gasteiger charge is 2.37. The molecule has 0 saturated carbocycles. The normalized spacial score (nSPS) is 17.4. The minimum Gasteiger partial charge on any atom is -0.481 e. The summed E-state index contributed by atoms with van der Waals surface area (Å²) in [7, 11) is -7.66. The Bertz CT molecular complexity index is 2050. The summed E-state index contributed by atoms with van der Waals surface area (Å²) >= 11 is 0. The van der Waals surface area contributed by atoms with Crippen molar-refractivity contribution >= 4 is 23.7 Å². The monoisotopic (exact) mass is 847 g/mol. The fraction of sp³-hybridized carbons (Fsp3) is 0.409. The molecule has 15 heteroatoms. The summed E-state index contributed by atoms with van der Waals surface area (Å²) in [6.45, 7) is 8.78. The molecule has 13 nitrogen and oxygen atoms in total. The SMILES string of the molecule is CCO[C@@H]1OC[C@H](OC(=O)N[C@H](CCN(CC(C)C)S(=O)(=O)c2ccc(C#N)cc2)Cc2ccc(OCP(=O)(OCc3ccccc3)OCc3ccccc3)cc2)[C@@H]1C. The van der Waals surface area contributed by atoms with E-state index in [0.717, 1.165) is 16.7 Å². The molecule has 1 aliphatic rings. The molecular formula is C44H54N3O10PS. The number of sulfonamides is 1. The standard InChI is InChI=1S/C44H54N3O10PS/c1-5-52-43-34(4)42(31-53-43)57-44(48)46-39(24-25-47(28-33(2)3)59(50,51)41-22-18-36(27-45)19-23-41)26-35-16-20-40(21-17-35)54-32-58(49,55-29-37-12-8-6-9-13-37)56-30-38-14-10-7-11-15-38/h6-23,33-34,39,42-43H,5,24-26,28-32H2,1-4H3,(H,46,48)/t34-,39+,42-,43+/m0/s1. The molecule has 4 aromatic rings. The van der Waals surface area contributed by atoms with E-state index in [9.17, 15) is 23.0 Å². The minimum absolute atomic E-state index is 0.0111. The van der Waals surface area contributed by atoms with Crippen molar-refractivity contribution < 1.29 is 45.8 Å². The van der Waals surface area contributed by atoms with Gasteiger partial charge in [0, 0.05) is 31.7 Å². The summed E-state index contributed by atoms with van der Waals surface area (Å²) < 4.78 is 77.9. The van der Waals surface area contributed by atoms with Gasteiger partial charge in [0.2, 0.25) is 10.0 Å². The van der Waals surface area contributed by atoms with Crippen molar-refractivity contribution in [1.82, 2.24) is 9.62 Å². The topological polar surface area (TPSA) is 163 Å². The van der Waals surface area contributed by atoms with E-state index in [2.05, 4.69) is 5.32 Å². The van der Waals surface area contributed by atoms with Gasteiger partial charge in [-0.1, -0.05) is 93.6 Å². The lowest BCUT2D eigenvalue weighted by atomic mass is 10.0. The molecule has 0 unspecified atom stereocenters. The second-order valence-corrected chi connectivity index (χ2v) is 18.7. The van der Waals surface area contributed by atoms with E-state index in [-0.39, 0.29) is 62.4 Å². The quantitative estimate of drug-likeness (QED) is 0.0758. The molecule has 1 N–H and O–H groups in total. The molecule has 0 radical (unpaired) electrons. The number of carbonyl (C=O) groups excluding carboxylic acids is 1. The van der Waals surface area contributed by atoms with Crippen molar-refractivity contribution in [2.24, 2.45) is 11.8 Å². The Morgan fingerprint density at radius 2 is 1.53 bits per heavy atom. The maximum atomic E-state index is 13.9. The lowest BCUT2D eigenvalue weighted by Gasteiger charge is -2.27. The fourth-order valence-electron chi connectivity index (χ4n) is 6.37. The van der Waals surface area contributed by atoms with Crippen LogP contribution < -0.4 is 10.1 Å². The van der Waals surface area contributed by atoms with Crippen LogP contribution in [0.2, 0.25) is 0 Å². The van der Waals surface area contributed by atoms with Gasteiger partial charge in [-0.3, -0.25) is 4.57 Å². The summed E-state index contributed by atoms with van der Waals surface area (Å²) in [6, 6.07) is 33.2. The summed E-state index contributed by atoms with van der Waals surface area (Å²) in [6.07, 6.45) is -1.39. The van der Waals surface area contributed by atoms with Gasteiger partial charge >= 0.3 is 13.7 Å². The largest absolute Gasteiger partial charge is 0.481 e. The molecule has 1 heterocycles. The molecule has 0 aromatic heterocycles. The second-order valence-electron chi connectivity index (χ2n) is 14.7. The number of nitrogens with one attached hydrogen (secondary N) is 1. The molecule has 5 rings (SSSR count). The maximum Gasteiger partial charge on any atom is 0.407 e. The molecule has 4 atom stereocenters. The number of hydrogen-bond donors (Lipinski definition) is 1. The number of ether oxygens (including phenoxy) is 4. The fourth-order valence-corrected chi connectivity index (χ4v) is 9.21. The van der Waals surface area contributed by atoms with Gasteiger partial charge < -0.3 is 33.3 Å². The Hall–Kier alpha value is -4.58. The van der Waals surface area contributed by atoms with E-state index in [1.165, 1.54) is 28.6 Å². The molecule has 0 aliphatic carbocycles. The Morgan fingerprint density at radius 1 is 0.915 bits per heavy atom. The highest BCUT2D eigenvalue weighted by Crippen LogP contribution is 2.49. The van der Waals surface area contributed by atoms with Gasteiger partial charge in [-0.15, -0.1) is 0 Å². The number of nitrogens with zero attached hydrogens (tertiary/aromatic N) is 2. The first-order valence-electron chi connectivity index (χ1n) is 19.8. The number of alkyl carbamates (subject to hydrolysis) is 1. The van der Waals surface area contributed by atoms with Crippen LogP contribution in [0.15, 0.2) is 114 Å². The Labute approximate surface area is 348 Å². The van der Waals surface area contributed by atoms with Crippen molar-refractivity contribution in [1.29, 1.82) is 5.26 Å². The van der Waals surface area contributed by atoms with Crippen molar-refractivity contribution in [3.8, 4) is 11.8 Å². The van der Waals surface area contributed by atoms with E-state index in [4.69, 9.17) is 28.0 Å². The minimum atomic E-state index is -3.93. The molecule has 1 saturated heterocycles. The van der Waals surface area contributed by atoms with Gasteiger partial charge in [-0.05, 0) is 78.8 Å². The van der Waals surface area contributed by atoms with Gasteiger partial charge in [0.25, 0.3) is 0 Å². The molecule has 59 heavy (non-hydrogen) atoms. The van der Waals surface area contributed by atoms with Crippen LogP contribution in [-0.4, -0.2) is 69.9 Å².